The van der Waals surface area contributed by atoms with Gasteiger partial charge in [0.25, 0.3) is 0 Å². The molecule has 2 N–H and O–H groups in total. The van der Waals surface area contributed by atoms with Crippen molar-refractivity contribution in [2.24, 2.45) is 0 Å². The van der Waals surface area contributed by atoms with Gasteiger partial charge < -0.3 is 9.32 Å². The van der Waals surface area contributed by atoms with Crippen LogP contribution in [0.5, 0.6) is 0 Å². The van der Waals surface area contributed by atoms with Crippen LogP contribution in [0.3, 0.4) is 0 Å². The Balaban J connectivity index is 1.31. The number of rotatable bonds is 3. The van der Waals surface area contributed by atoms with Crippen molar-refractivity contribution in [2.45, 2.75) is 18.6 Å². The molecule has 5 heteroatoms. The van der Waals surface area contributed by atoms with E-state index >= 15 is 0 Å². The topological polar surface area (TPSA) is 43.7 Å². The van der Waals surface area contributed by atoms with E-state index in [0.29, 0.717) is 0 Å². The monoisotopic (exact) mass is 584 g/mol. The number of nitrogens with zero attached hydrogens (tertiary/aromatic N) is 2. The highest BCUT2D eigenvalue weighted by Gasteiger charge is 2.40. The third-order valence-electron chi connectivity index (χ3n) is 9.35. The van der Waals surface area contributed by atoms with Gasteiger partial charge in [-0.05, 0) is 47.5 Å². The molecule has 2 aliphatic rings. The van der Waals surface area contributed by atoms with Crippen LogP contribution in [-0.4, -0.2) is 18.2 Å². The second-order valence-corrected chi connectivity index (χ2v) is 11.9. The van der Waals surface area contributed by atoms with Gasteiger partial charge in [0.05, 0.1) is 23.7 Å². The predicted octanol–water partition coefficient (Wildman–Crippen LogP) is 9.18. The first-order chi connectivity index (χ1) is 22.2. The molecule has 6 aromatic carbocycles. The van der Waals surface area contributed by atoms with Crippen molar-refractivity contribution in [3.05, 3.63) is 157 Å². The lowest BCUT2D eigenvalue weighted by Gasteiger charge is -2.50. The van der Waals surface area contributed by atoms with Gasteiger partial charge in [-0.3, -0.25) is 15.5 Å². The van der Waals surface area contributed by atoms with Crippen molar-refractivity contribution in [1.29, 1.82) is 0 Å². The van der Waals surface area contributed by atoms with Crippen molar-refractivity contribution in [3.63, 3.8) is 0 Å². The van der Waals surface area contributed by atoms with E-state index in [1.807, 2.05) is 6.07 Å². The van der Waals surface area contributed by atoms with Crippen molar-refractivity contribution in [1.82, 2.24) is 15.5 Å². The number of fused-ring (bicyclic) bond motifs is 8. The summed E-state index contributed by atoms with van der Waals surface area (Å²) in [5.74, 6) is 0. The van der Waals surface area contributed by atoms with Gasteiger partial charge in [-0.1, -0.05) is 121 Å². The van der Waals surface area contributed by atoms with Gasteiger partial charge in [0.1, 0.15) is 17.5 Å². The Labute approximate surface area is 262 Å². The molecule has 0 aliphatic carbocycles. The molecule has 218 valence electrons. The molecular formula is C40H32N4O. The van der Waals surface area contributed by atoms with Crippen LogP contribution in [0, 0.1) is 0 Å². The van der Waals surface area contributed by atoms with Crippen LogP contribution in [0.25, 0.3) is 44.2 Å². The molecule has 7 aromatic rings. The number of furan rings is 1. The fraction of sp³-hybridized carbons (Fsp3) is 0.100. The third kappa shape index (κ3) is 4.20. The largest absolute Gasteiger partial charge is 0.456 e. The van der Waals surface area contributed by atoms with Gasteiger partial charge in [0.2, 0.25) is 0 Å². The van der Waals surface area contributed by atoms with Gasteiger partial charge >= 0.3 is 0 Å². The molecular weight excluding hydrogens is 552 g/mol. The SMILES string of the molecule is CN1C(c2ccccc2)NC(c2ccccc2)NC1N1c2ccccc2-c2ccccc2-c2cc3c(cc21)oc1ccccc13. The molecule has 45 heavy (non-hydrogen) atoms. The Morgan fingerprint density at radius 2 is 1.13 bits per heavy atom. The maximum atomic E-state index is 6.51. The van der Waals surface area contributed by atoms with Crippen LogP contribution in [0.15, 0.2) is 150 Å². The molecule has 0 spiro atoms. The zero-order valence-corrected chi connectivity index (χ0v) is 24.9. The molecule has 1 saturated heterocycles. The molecule has 0 radical (unpaired) electrons. The lowest BCUT2D eigenvalue weighted by Crippen LogP contribution is -2.64. The van der Waals surface area contributed by atoms with Gasteiger partial charge in [-0.2, -0.15) is 0 Å². The second-order valence-electron chi connectivity index (χ2n) is 11.9. The number of benzene rings is 6. The average Bonchev–Trinajstić information content (AvgIpc) is 3.42. The highest BCUT2D eigenvalue weighted by atomic mass is 16.3. The van der Waals surface area contributed by atoms with E-state index in [-0.39, 0.29) is 18.6 Å². The van der Waals surface area contributed by atoms with Crippen molar-refractivity contribution >= 4 is 33.3 Å². The summed E-state index contributed by atoms with van der Waals surface area (Å²) in [6.07, 6.45) is -0.342. The van der Waals surface area contributed by atoms with Crippen molar-refractivity contribution in [3.8, 4) is 22.3 Å². The molecule has 0 amide bonds. The summed E-state index contributed by atoms with van der Waals surface area (Å²) in [4.78, 5) is 4.87. The van der Waals surface area contributed by atoms with Gasteiger partial charge in [0, 0.05) is 28.0 Å². The van der Waals surface area contributed by atoms with Gasteiger partial charge in [-0.25, -0.2) is 0 Å². The molecule has 1 aromatic heterocycles. The first-order valence-corrected chi connectivity index (χ1v) is 15.5. The Bertz CT molecular complexity index is 2170. The van der Waals surface area contributed by atoms with Crippen LogP contribution in [0.2, 0.25) is 0 Å². The number of anilines is 2. The number of nitrogens with one attached hydrogen (secondary N) is 2. The van der Waals surface area contributed by atoms with E-state index in [1.54, 1.807) is 0 Å². The van der Waals surface area contributed by atoms with Crippen LogP contribution < -0.4 is 15.5 Å². The van der Waals surface area contributed by atoms with Crippen LogP contribution in [-0.2, 0) is 0 Å². The summed E-state index contributed by atoms with van der Waals surface area (Å²) in [5.41, 5.74) is 11.3. The first kappa shape index (κ1) is 26.2. The molecule has 0 bridgehead atoms. The van der Waals surface area contributed by atoms with E-state index in [0.717, 1.165) is 33.3 Å². The van der Waals surface area contributed by atoms with Crippen molar-refractivity contribution < 1.29 is 4.42 Å². The normalized spacial score (nSPS) is 19.6. The molecule has 1 fully saturated rings. The molecule has 0 saturated carbocycles. The number of hydrogen-bond donors (Lipinski definition) is 2. The summed E-state index contributed by atoms with van der Waals surface area (Å²) in [5, 5.41) is 10.2. The maximum Gasteiger partial charge on any atom is 0.144 e. The quantitative estimate of drug-likeness (QED) is 0.217. The predicted molar refractivity (Wildman–Crippen MR) is 183 cm³/mol. The zero-order valence-electron chi connectivity index (χ0n) is 24.9. The number of para-hydroxylation sites is 2. The highest BCUT2D eigenvalue weighted by Crippen LogP contribution is 2.51. The molecule has 3 atom stereocenters. The Kier molecular flexibility index (Phi) is 6.10. The molecule has 5 nitrogen and oxygen atoms in total. The summed E-state index contributed by atoms with van der Waals surface area (Å²) in [6, 6.07) is 51.8. The maximum absolute atomic E-state index is 6.51. The molecule has 3 heterocycles. The molecule has 2 aliphatic heterocycles. The lowest BCUT2D eigenvalue weighted by molar-refractivity contribution is 0.0460. The average molecular weight is 585 g/mol. The highest BCUT2D eigenvalue weighted by molar-refractivity contribution is 6.11. The van der Waals surface area contributed by atoms with Crippen molar-refractivity contribution in [2.75, 3.05) is 11.9 Å². The van der Waals surface area contributed by atoms with E-state index in [4.69, 9.17) is 4.42 Å². The Morgan fingerprint density at radius 3 is 1.91 bits per heavy atom. The van der Waals surface area contributed by atoms with E-state index in [9.17, 15) is 0 Å². The Hall–Kier alpha value is -5.20. The third-order valence-corrected chi connectivity index (χ3v) is 9.35. The zero-order chi connectivity index (χ0) is 29.9. The van der Waals surface area contributed by atoms with Crippen LogP contribution >= 0.6 is 0 Å². The fourth-order valence-electron chi connectivity index (χ4n) is 7.23. The van der Waals surface area contributed by atoms with Crippen LogP contribution in [0.4, 0.5) is 11.4 Å². The summed E-state index contributed by atoms with van der Waals surface area (Å²) in [6.45, 7) is 0. The van der Waals surface area contributed by atoms with E-state index in [1.165, 1.54) is 33.4 Å². The summed E-state index contributed by atoms with van der Waals surface area (Å²) < 4.78 is 6.51. The summed E-state index contributed by atoms with van der Waals surface area (Å²) >= 11 is 0. The van der Waals surface area contributed by atoms with Crippen LogP contribution in [0.1, 0.15) is 23.5 Å². The van der Waals surface area contributed by atoms with Gasteiger partial charge in [-0.15, -0.1) is 0 Å². The lowest BCUT2D eigenvalue weighted by atomic mass is 9.94. The van der Waals surface area contributed by atoms with Gasteiger partial charge in [0.15, 0.2) is 0 Å². The molecule has 3 unspecified atom stereocenters. The minimum atomic E-state index is -0.210. The number of hydrogen-bond acceptors (Lipinski definition) is 5. The Morgan fingerprint density at radius 1 is 0.511 bits per heavy atom. The van der Waals surface area contributed by atoms with E-state index < -0.39 is 0 Å². The smallest absolute Gasteiger partial charge is 0.144 e. The minimum Gasteiger partial charge on any atom is -0.456 e. The first-order valence-electron chi connectivity index (χ1n) is 15.5. The molecule has 9 rings (SSSR count). The van der Waals surface area contributed by atoms with E-state index in [2.05, 4.69) is 167 Å². The second kappa shape index (κ2) is 10.5. The minimum absolute atomic E-state index is 0.0428. The fourth-order valence-corrected chi connectivity index (χ4v) is 7.23. The summed E-state index contributed by atoms with van der Waals surface area (Å²) in [7, 11) is 2.20. The standard InChI is InChI=1S/C40H32N4O/c1-43-39(27-16-6-3-7-17-27)41-38(26-14-4-2-5-15-26)42-40(43)44-34-22-12-10-20-30(34)28-18-8-9-19-29(28)32-24-33-31-21-11-13-23-36(31)45-37(33)25-35(32)44/h2-25,38-42H,1H3.